The van der Waals surface area contributed by atoms with Crippen LogP contribution in [0.15, 0.2) is 65.1 Å². The van der Waals surface area contributed by atoms with E-state index in [-0.39, 0.29) is 17.1 Å². The third-order valence-corrected chi connectivity index (χ3v) is 6.22. The summed E-state index contributed by atoms with van der Waals surface area (Å²) in [5, 5.41) is 11.1. The fourth-order valence-corrected chi connectivity index (χ4v) is 4.29. The first-order chi connectivity index (χ1) is 17.3. The fourth-order valence-electron chi connectivity index (χ4n) is 4.29. The van der Waals surface area contributed by atoms with Crippen molar-refractivity contribution in [1.82, 2.24) is 0 Å². The van der Waals surface area contributed by atoms with Crippen LogP contribution >= 0.6 is 0 Å². The molecule has 0 radical (unpaired) electrons. The molecular weight excluding hydrogens is 465 g/mol. The van der Waals surface area contributed by atoms with Gasteiger partial charge in [-0.15, -0.1) is 0 Å². The number of benzene rings is 3. The number of halogens is 1. The molecule has 184 valence electrons. The summed E-state index contributed by atoms with van der Waals surface area (Å²) in [5.74, 6) is 0.174. The van der Waals surface area contributed by atoms with Gasteiger partial charge in [-0.25, -0.2) is 14.0 Å². The summed E-state index contributed by atoms with van der Waals surface area (Å²) in [6.45, 7) is 1.89. The number of hydrogen-bond acceptors (Lipinski definition) is 6. The van der Waals surface area contributed by atoms with E-state index in [9.17, 15) is 19.1 Å². The second kappa shape index (κ2) is 9.47. The van der Waals surface area contributed by atoms with Gasteiger partial charge in [-0.3, -0.25) is 0 Å². The van der Waals surface area contributed by atoms with Crippen LogP contribution in [0.3, 0.4) is 0 Å². The summed E-state index contributed by atoms with van der Waals surface area (Å²) in [6, 6.07) is 16.0. The molecule has 1 heterocycles. The minimum atomic E-state index is -1.22. The van der Waals surface area contributed by atoms with Crippen LogP contribution in [0.25, 0.3) is 22.3 Å². The number of ether oxygens (including phenoxy) is 2. The van der Waals surface area contributed by atoms with Crippen molar-refractivity contribution in [2.24, 2.45) is 5.73 Å². The summed E-state index contributed by atoms with van der Waals surface area (Å²) in [7, 11) is 0. The van der Waals surface area contributed by atoms with Crippen LogP contribution in [0.4, 0.5) is 9.18 Å². The summed E-state index contributed by atoms with van der Waals surface area (Å²) >= 11 is 0. The van der Waals surface area contributed by atoms with Crippen molar-refractivity contribution in [3.05, 3.63) is 83.2 Å². The van der Waals surface area contributed by atoms with Gasteiger partial charge in [0.2, 0.25) is 0 Å². The quantitative estimate of drug-likeness (QED) is 0.224. The molecule has 1 atom stereocenters. The molecule has 5 rings (SSSR count). The highest BCUT2D eigenvalue weighted by Crippen LogP contribution is 2.46. The number of fused-ring (bicyclic) bond motifs is 1. The summed E-state index contributed by atoms with van der Waals surface area (Å²) < 4.78 is 29.7. The zero-order valence-corrected chi connectivity index (χ0v) is 19.5. The van der Waals surface area contributed by atoms with Crippen LogP contribution in [0, 0.1) is 5.82 Å². The van der Waals surface area contributed by atoms with Gasteiger partial charge in [0.15, 0.2) is 0 Å². The zero-order valence-electron chi connectivity index (χ0n) is 19.5. The topological polar surface area (TPSA) is 112 Å². The van der Waals surface area contributed by atoms with Crippen LogP contribution in [0.5, 0.6) is 11.5 Å². The van der Waals surface area contributed by atoms with Crippen LogP contribution in [-0.2, 0) is 4.74 Å². The molecule has 4 aromatic rings. The third kappa shape index (κ3) is 4.67. The number of hydrogen-bond donors (Lipinski definition) is 2. The molecule has 0 spiro atoms. The number of rotatable bonds is 7. The standard InChI is InChI=1S/C28H24FNO6/c1-2-23(31)21-14-24-22(13-20(21)15-3-4-15)25(27(32)36-28(30)33)26(35-24)16-5-9-18(10-6-16)34-19-11-7-17(29)8-12-19/h5-15,23,31H,2-4H2,1H3,(H2,30,33). The summed E-state index contributed by atoms with van der Waals surface area (Å²) in [4.78, 5) is 24.3. The Hall–Kier alpha value is -4.17. The lowest BCUT2D eigenvalue weighted by atomic mass is 9.94. The molecule has 8 heteroatoms. The van der Waals surface area contributed by atoms with Crippen molar-refractivity contribution in [3.8, 4) is 22.8 Å². The molecule has 3 N–H and O–H groups in total. The summed E-state index contributed by atoms with van der Waals surface area (Å²) in [6.07, 6.45) is 0.642. The van der Waals surface area contributed by atoms with Gasteiger partial charge in [-0.1, -0.05) is 6.92 Å². The van der Waals surface area contributed by atoms with E-state index < -0.39 is 18.2 Å². The van der Waals surface area contributed by atoms with Crippen molar-refractivity contribution in [2.45, 2.75) is 38.2 Å². The van der Waals surface area contributed by atoms with Gasteiger partial charge < -0.3 is 24.7 Å². The Balaban J connectivity index is 1.58. The van der Waals surface area contributed by atoms with Gasteiger partial charge in [-0.2, -0.15) is 0 Å². The molecule has 1 saturated carbocycles. The van der Waals surface area contributed by atoms with Crippen LogP contribution in [-0.4, -0.2) is 17.2 Å². The predicted octanol–water partition coefficient (Wildman–Crippen LogP) is 6.59. The number of nitrogens with two attached hydrogens (primary N) is 1. The SMILES string of the molecule is CCC(O)c1cc2oc(-c3ccc(Oc4ccc(F)cc4)cc3)c(C(=O)OC(N)=O)c2cc1C1CC1. The lowest BCUT2D eigenvalue weighted by molar-refractivity contribution is 0.0640. The Morgan fingerprint density at radius 3 is 2.31 bits per heavy atom. The van der Waals surface area contributed by atoms with Crippen molar-refractivity contribution in [3.63, 3.8) is 0 Å². The number of amides is 1. The molecule has 0 bridgehead atoms. The van der Waals surface area contributed by atoms with E-state index in [1.165, 1.54) is 24.3 Å². The average Bonchev–Trinajstić information content (AvgIpc) is 3.64. The molecule has 0 saturated heterocycles. The highest BCUT2D eigenvalue weighted by Gasteiger charge is 2.31. The Morgan fingerprint density at radius 2 is 1.72 bits per heavy atom. The van der Waals surface area contributed by atoms with E-state index in [0.717, 1.165) is 24.0 Å². The number of esters is 1. The number of aliphatic hydroxyl groups is 1. The fraction of sp³-hybridized carbons (Fsp3) is 0.214. The minimum Gasteiger partial charge on any atom is -0.457 e. The van der Waals surface area contributed by atoms with Gasteiger partial charge in [-0.05, 0) is 97.0 Å². The van der Waals surface area contributed by atoms with Crippen molar-refractivity contribution >= 4 is 23.0 Å². The van der Waals surface area contributed by atoms with Crippen molar-refractivity contribution < 1.29 is 33.0 Å². The molecule has 1 aliphatic rings. The molecule has 3 aromatic carbocycles. The summed E-state index contributed by atoms with van der Waals surface area (Å²) in [5.41, 5.74) is 7.86. The second-order valence-electron chi connectivity index (χ2n) is 8.77. The first kappa shape index (κ1) is 23.6. The van der Waals surface area contributed by atoms with Gasteiger partial charge in [0.25, 0.3) is 0 Å². The first-order valence-corrected chi connectivity index (χ1v) is 11.7. The number of aliphatic hydroxyl groups excluding tert-OH is 1. The predicted molar refractivity (Wildman–Crippen MR) is 130 cm³/mol. The van der Waals surface area contributed by atoms with Gasteiger partial charge in [0.05, 0.1) is 6.10 Å². The lowest BCUT2D eigenvalue weighted by Crippen LogP contribution is -2.18. The third-order valence-electron chi connectivity index (χ3n) is 6.22. The number of carbonyl (C=O) groups is 2. The van der Waals surface area contributed by atoms with Crippen LogP contribution in [0.1, 0.15) is 59.7 Å². The zero-order chi connectivity index (χ0) is 25.4. The molecule has 1 fully saturated rings. The maximum atomic E-state index is 13.2. The van der Waals surface area contributed by atoms with E-state index in [4.69, 9.17) is 19.6 Å². The number of carbonyl (C=O) groups excluding carboxylic acids is 2. The molecule has 0 aliphatic heterocycles. The van der Waals surface area contributed by atoms with Crippen LogP contribution in [0.2, 0.25) is 0 Å². The van der Waals surface area contributed by atoms with Crippen molar-refractivity contribution in [1.29, 1.82) is 0 Å². The van der Waals surface area contributed by atoms with E-state index in [0.29, 0.717) is 40.4 Å². The Morgan fingerprint density at radius 1 is 1.08 bits per heavy atom. The van der Waals surface area contributed by atoms with Gasteiger partial charge in [0.1, 0.15) is 34.2 Å². The van der Waals surface area contributed by atoms with E-state index in [1.807, 2.05) is 13.0 Å². The molecule has 1 aliphatic carbocycles. The van der Waals surface area contributed by atoms with Crippen molar-refractivity contribution in [2.75, 3.05) is 0 Å². The van der Waals surface area contributed by atoms with Gasteiger partial charge >= 0.3 is 12.1 Å². The molecule has 7 nitrogen and oxygen atoms in total. The molecule has 36 heavy (non-hydrogen) atoms. The Bertz CT molecular complexity index is 1440. The normalized spacial score (nSPS) is 14.0. The minimum absolute atomic E-state index is 0.0791. The van der Waals surface area contributed by atoms with E-state index in [1.54, 1.807) is 30.3 Å². The highest BCUT2D eigenvalue weighted by atomic mass is 19.1. The number of primary amides is 1. The highest BCUT2D eigenvalue weighted by molar-refractivity contribution is 6.11. The number of furan rings is 1. The van der Waals surface area contributed by atoms with Gasteiger partial charge in [0, 0.05) is 10.9 Å². The molecule has 1 unspecified atom stereocenters. The Labute approximate surface area is 206 Å². The monoisotopic (exact) mass is 489 g/mol. The van der Waals surface area contributed by atoms with E-state index >= 15 is 0 Å². The molecule has 1 amide bonds. The largest absolute Gasteiger partial charge is 0.457 e. The maximum absolute atomic E-state index is 13.2. The Kier molecular flexibility index (Phi) is 6.20. The van der Waals surface area contributed by atoms with E-state index in [2.05, 4.69) is 0 Å². The average molecular weight is 489 g/mol. The maximum Gasteiger partial charge on any atom is 0.412 e. The van der Waals surface area contributed by atoms with Crippen LogP contribution < -0.4 is 10.5 Å². The second-order valence-corrected chi connectivity index (χ2v) is 8.77. The first-order valence-electron chi connectivity index (χ1n) is 11.7. The lowest BCUT2D eigenvalue weighted by Gasteiger charge is -2.14. The molecule has 1 aromatic heterocycles. The smallest absolute Gasteiger partial charge is 0.412 e. The molecular formula is C28H24FNO6.